The molecule has 0 amide bonds. The van der Waals surface area contributed by atoms with Gasteiger partial charge in [-0.1, -0.05) is 12.8 Å². The molecule has 0 radical (unpaired) electrons. The van der Waals surface area contributed by atoms with Crippen molar-refractivity contribution >= 4 is 11.6 Å². The number of nitrogens with one attached hydrogen (secondary N) is 1. The van der Waals surface area contributed by atoms with Crippen molar-refractivity contribution in [2.75, 3.05) is 11.1 Å². The molecule has 1 fully saturated rings. The van der Waals surface area contributed by atoms with Crippen LogP contribution < -0.4 is 11.1 Å². The van der Waals surface area contributed by atoms with E-state index in [1.165, 1.54) is 12.8 Å². The van der Waals surface area contributed by atoms with Crippen LogP contribution in [-0.4, -0.2) is 15.8 Å². The minimum Gasteiger partial charge on any atom is -0.383 e. The van der Waals surface area contributed by atoms with E-state index in [-0.39, 0.29) is 6.04 Å². The number of hydrogen-bond donors (Lipinski definition) is 2. The predicted octanol–water partition coefficient (Wildman–Crippen LogP) is 2.27. The topological polar surface area (TPSA) is 79.7 Å². The maximum absolute atomic E-state index is 9.14. The summed E-state index contributed by atoms with van der Waals surface area (Å²) in [7, 11) is 0. The smallest absolute Gasteiger partial charge is 0.168 e. The number of nitrogens with zero attached hydrogens (tertiary/aromatic N) is 3. The molecule has 1 heterocycles. The lowest BCUT2D eigenvalue weighted by molar-refractivity contribution is 0.474. The molecule has 1 aromatic heterocycles. The van der Waals surface area contributed by atoms with E-state index in [1.54, 1.807) is 0 Å². The number of aromatic nitrogens is 2. The van der Waals surface area contributed by atoms with E-state index in [0.29, 0.717) is 23.2 Å². The van der Waals surface area contributed by atoms with Crippen LogP contribution in [0.15, 0.2) is 0 Å². The monoisotopic (exact) mass is 233 g/mol. The number of nitrogen functional groups attached to an aromatic ring is 1. The molecule has 92 valence electrons. The average Bonchev–Trinajstić information content (AvgIpc) is 2.86. The standard InChI is InChI=1S/C12H19N5/c1-8(2)15-12-10(7-13)11(14)17(16-12)9-5-3-4-6-9/h8-9H,3-6,14H2,1-2H3,(H,15,16). The van der Waals surface area contributed by atoms with Gasteiger partial charge in [-0.3, -0.25) is 0 Å². The number of anilines is 2. The Morgan fingerprint density at radius 3 is 2.65 bits per heavy atom. The Hall–Kier alpha value is -1.70. The Morgan fingerprint density at radius 1 is 1.47 bits per heavy atom. The molecule has 0 saturated heterocycles. The normalized spacial score (nSPS) is 16.4. The van der Waals surface area contributed by atoms with Crippen molar-refractivity contribution in [3.05, 3.63) is 5.56 Å². The number of hydrogen-bond acceptors (Lipinski definition) is 4. The molecule has 5 nitrogen and oxygen atoms in total. The lowest BCUT2D eigenvalue weighted by atomic mass is 10.2. The zero-order chi connectivity index (χ0) is 12.4. The summed E-state index contributed by atoms with van der Waals surface area (Å²) in [6, 6.07) is 2.75. The third-order valence-corrected chi connectivity index (χ3v) is 3.16. The lowest BCUT2D eigenvalue weighted by Gasteiger charge is -2.11. The first-order valence-electron chi connectivity index (χ1n) is 6.18. The van der Waals surface area contributed by atoms with E-state index in [2.05, 4.69) is 16.5 Å². The number of rotatable bonds is 3. The molecule has 2 rings (SSSR count). The van der Waals surface area contributed by atoms with Gasteiger partial charge >= 0.3 is 0 Å². The molecular weight excluding hydrogens is 214 g/mol. The second-order valence-electron chi connectivity index (χ2n) is 4.90. The molecule has 0 atom stereocenters. The van der Waals surface area contributed by atoms with E-state index in [9.17, 15) is 0 Å². The van der Waals surface area contributed by atoms with Gasteiger partial charge in [0, 0.05) is 6.04 Å². The van der Waals surface area contributed by atoms with Crippen LogP contribution in [0, 0.1) is 11.3 Å². The molecule has 1 aliphatic rings. The third kappa shape index (κ3) is 2.21. The van der Waals surface area contributed by atoms with Crippen molar-refractivity contribution in [1.29, 1.82) is 5.26 Å². The van der Waals surface area contributed by atoms with Gasteiger partial charge in [-0.15, -0.1) is 0 Å². The SMILES string of the molecule is CC(C)Nc1nn(C2CCCC2)c(N)c1C#N. The van der Waals surface area contributed by atoms with E-state index in [1.807, 2.05) is 18.5 Å². The highest BCUT2D eigenvalue weighted by atomic mass is 15.4. The quantitative estimate of drug-likeness (QED) is 0.839. The number of nitriles is 1. The second kappa shape index (κ2) is 4.66. The lowest BCUT2D eigenvalue weighted by Crippen LogP contribution is -2.12. The Kier molecular flexibility index (Phi) is 3.23. The fraction of sp³-hybridized carbons (Fsp3) is 0.667. The van der Waals surface area contributed by atoms with E-state index < -0.39 is 0 Å². The van der Waals surface area contributed by atoms with Gasteiger partial charge in [0.25, 0.3) is 0 Å². The van der Waals surface area contributed by atoms with Gasteiger partial charge in [-0.2, -0.15) is 10.4 Å². The van der Waals surface area contributed by atoms with Crippen molar-refractivity contribution in [3.63, 3.8) is 0 Å². The van der Waals surface area contributed by atoms with Crippen LogP contribution in [0.3, 0.4) is 0 Å². The van der Waals surface area contributed by atoms with Crippen molar-refractivity contribution in [2.24, 2.45) is 0 Å². The van der Waals surface area contributed by atoms with Crippen LogP contribution in [0.1, 0.15) is 51.1 Å². The van der Waals surface area contributed by atoms with Gasteiger partial charge in [-0.25, -0.2) is 4.68 Å². The number of nitrogens with two attached hydrogens (primary N) is 1. The highest BCUT2D eigenvalue weighted by molar-refractivity contribution is 5.64. The van der Waals surface area contributed by atoms with Crippen molar-refractivity contribution in [2.45, 2.75) is 51.6 Å². The Balaban J connectivity index is 2.34. The summed E-state index contributed by atoms with van der Waals surface area (Å²) in [6.07, 6.45) is 4.66. The predicted molar refractivity (Wildman–Crippen MR) is 67.6 cm³/mol. The molecule has 17 heavy (non-hydrogen) atoms. The van der Waals surface area contributed by atoms with Gasteiger partial charge in [0.05, 0.1) is 6.04 Å². The summed E-state index contributed by atoms with van der Waals surface area (Å²) in [4.78, 5) is 0. The van der Waals surface area contributed by atoms with Crippen LogP contribution in [-0.2, 0) is 0 Å². The molecule has 1 aromatic rings. The van der Waals surface area contributed by atoms with Crippen molar-refractivity contribution in [1.82, 2.24) is 9.78 Å². The molecular formula is C12H19N5. The molecule has 0 spiro atoms. The summed E-state index contributed by atoms with van der Waals surface area (Å²) in [5.41, 5.74) is 6.49. The third-order valence-electron chi connectivity index (χ3n) is 3.16. The second-order valence-corrected chi connectivity index (χ2v) is 4.90. The fourth-order valence-corrected chi connectivity index (χ4v) is 2.36. The largest absolute Gasteiger partial charge is 0.383 e. The van der Waals surface area contributed by atoms with Gasteiger partial charge in [0.1, 0.15) is 17.5 Å². The van der Waals surface area contributed by atoms with Crippen molar-refractivity contribution < 1.29 is 0 Å². The van der Waals surface area contributed by atoms with Gasteiger partial charge in [0.2, 0.25) is 0 Å². The van der Waals surface area contributed by atoms with Crippen LogP contribution in [0.25, 0.3) is 0 Å². The van der Waals surface area contributed by atoms with E-state index >= 15 is 0 Å². The molecule has 0 aliphatic heterocycles. The maximum atomic E-state index is 9.14. The minimum absolute atomic E-state index is 0.244. The molecule has 3 N–H and O–H groups in total. The summed E-state index contributed by atoms with van der Waals surface area (Å²) < 4.78 is 1.83. The zero-order valence-corrected chi connectivity index (χ0v) is 10.4. The van der Waals surface area contributed by atoms with Crippen LogP contribution in [0.2, 0.25) is 0 Å². The minimum atomic E-state index is 0.244. The summed E-state index contributed by atoms with van der Waals surface area (Å²) in [6.45, 7) is 4.04. The molecule has 0 aromatic carbocycles. The Bertz CT molecular complexity index is 434. The molecule has 1 saturated carbocycles. The van der Waals surface area contributed by atoms with Gasteiger partial charge < -0.3 is 11.1 Å². The highest BCUT2D eigenvalue weighted by Gasteiger charge is 2.24. The summed E-state index contributed by atoms with van der Waals surface area (Å²) in [5.74, 6) is 1.12. The molecule has 0 unspecified atom stereocenters. The molecule has 5 heteroatoms. The first-order chi connectivity index (χ1) is 8.13. The molecule has 0 bridgehead atoms. The Morgan fingerprint density at radius 2 is 2.12 bits per heavy atom. The first-order valence-corrected chi connectivity index (χ1v) is 6.18. The Labute approximate surface area is 102 Å². The van der Waals surface area contributed by atoms with Crippen LogP contribution in [0.5, 0.6) is 0 Å². The van der Waals surface area contributed by atoms with Gasteiger partial charge in [0.15, 0.2) is 5.82 Å². The van der Waals surface area contributed by atoms with E-state index in [4.69, 9.17) is 11.0 Å². The van der Waals surface area contributed by atoms with Crippen LogP contribution >= 0.6 is 0 Å². The summed E-state index contributed by atoms with van der Waals surface area (Å²) in [5, 5.41) is 16.8. The molecule has 1 aliphatic carbocycles. The van der Waals surface area contributed by atoms with Crippen molar-refractivity contribution in [3.8, 4) is 6.07 Å². The summed E-state index contributed by atoms with van der Waals surface area (Å²) >= 11 is 0. The fourth-order valence-electron chi connectivity index (χ4n) is 2.36. The van der Waals surface area contributed by atoms with Gasteiger partial charge in [-0.05, 0) is 26.7 Å². The average molecular weight is 233 g/mol. The first kappa shape index (κ1) is 11.8. The maximum Gasteiger partial charge on any atom is 0.168 e. The highest BCUT2D eigenvalue weighted by Crippen LogP contribution is 2.33. The van der Waals surface area contributed by atoms with E-state index in [0.717, 1.165) is 12.8 Å². The van der Waals surface area contributed by atoms with Crippen LogP contribution in [0.4, 0.5) is 11.6 Å². The zero-order valence-electron chi connectivity index (χ0n) is 10.4.